The van der Waals surface area contributed by atoms with Gasteiger partial charge in [-0.25, -0.2) is 14.5 Å². The summed E-state index contributed by atoms with van der Waals surface area (Å²) in [7, 11) is 0. The average Bonchev–Trinajstić information content (AvgIpc) is 3.31. The molecule has 0 radical (unpaired) electrons. The number of para-hydroxylation sites is 1. The normalized spacial score (nSPS) is 19.8. The Bertz CT molecular complexity index is 1150. The van der Waals surface area contributed by atoms with Gasteiger partial charge in [-0.05, 0) is 23.6 Å². The summed E-state index contributed by atoms with van der Waals surface area (Å²) in [6.45, 7) is 4.25. The third-order valence-electron chi connectivity index (χ3n) is 5.83. The van der Waals surface area contributed by atoms with Crippen LogP contribution in [0.5, 0.6) is 0 Å². The first-order valence-electron chi connectivity index (χ1n) is 9.67. The Hall–Kier alpha value is -3.48. The molecule has 2 aliphatic rings. The van der Waals surface area contributed by atoms with Crippen molar-refractivity contribution in [2.24, 2.45) is 0 Å². The molecule has 2 aromatic carbocycles. The molecule has 3 heterocycles. The maximum Gasteiger partial charge on any atom is 0.353 e. The number of hydrogen-bond acceptors (Lipinski definition) is 4. The summed E-state index contributed by atoms with van der Waals surface area (Å²) in [5.74, 6) is 0.00536. The van der Waals surface area contributed by atoms with Crippen LogP contribution in [0.1, 0.15) is 38.2 Å². The van der Waals surface area contributed by atoms with Crippen LogP contribution in [-0.4, -0.2) is 31.7 Å². The fourth-order valence-electron chi connectivity index (χ4n) is 4.28. The summed E-state index contributed by atoms with van der Waals surface area (Å²) in [5, 5.41) is 14.8. The van der Waals surface area contributed by atoms with Crippen molar-refractivity contribution in [3.8, 4) is 22.8 Å². The number of anilines is 1. The van der Waals surface area contributed by atoms with Gasteiger partial charge in [0.05, 0.1) is 5.69 Å². The number of aliphatic carboxylic acids is 1. The van der Waals surface area contributed by atoms with Crippen LogP contribution in [0.25, 0.3) is 22.8 Å². The molecule has 2 aliphatic heterocycles. The summed E-state index contributed by atoms with van der Waals surface area (Å²) < 4.78 is 1.42. The van der Waals surface area contributed by atoms with Gasteiger partial charge in [0.2, 0.25) is 11.6 Å². The summed E-state index contributed by atoms with van der Waals surface area (Å²) in [4.78, 5) is 31.2. The number of amides is 1. The van der Waals surface area contributed by atoms with Gasteiger partial charge >= 0.3 is 5.97 Å². The number of fused-ring (bicyclic) bond motifs is 6. The van der Waals surface area contributed by atoms with Crippen molar-refractivity contribution >= 4 is 17.6 Å². The Kier molecular flexibility index (Phi) is 3.65. The molecule has 1 aromatic heterocycles. The fourth-order valence-corrected chi connectivity index (χ4v) is 4.28. The van der Waals surface area contributed by atoms with Gasteiger partial charge in [0.15, 0.2) is 11.6 Å². The van der Waals surface area contributed by atoms with Gasteiger partial charge < -0.3 is 5.11 Å². The van der Waals surface area contributed by atoms with Crippen LogP contribution in [0.3, 0.4) is 0 Å². The van der Waals surface area contributed by atoms with E-state index in [9.17, 15) is 14.7 Å². The number of carbonyl (C=O) groups excluding carboxylic acids is 1. The highest BCUT2D eigenvalue weighted by molar-refractivity contribution is 6.07. The van der Waals surface area contributed by atoms with Crippen LogP contribution in [0.15, 0.2) is 48.5 Å². The number of carboxylic acid groups (broad SMARTS) is 1. The van der Waals surface area contributed by atoms with Crippen LogP contribution < -0.4 is 4.90 Å². The molecule has 0 saturated carbocycles. The molecule has 29 heavy (non-hydrogen) atoms. The Balaban J connectivity index is 1.74. The number of nitrogens with zero attached hydrogens (tertiary/aromatic N) is 4. The van der Waals surface area contributed by atoms with E-state index in [4.69, 9.17) is 4.98 Å². The van der Waals surface area contributed by atoms with Crippen LogP contribution >= 0.6 is 0 Å². The minimum Gasteiger partial charge on any atom is -0.478 e. The number of aromatic nitrogens is 3. The molecule has 1 saturated heterocycles. The second-order valence-electron chi connectivity index (χ2n) is 7.82. The van der Waals surface area contributed by atoms with Crippen molar-refractivity contribution in [2.75, 3.05) is 4.90 Å². The Morgan fingerprint density at radius 3 is 2.55 bits per heavy atom. The van der Waals surface area contributed by atoms with Crippen molar-refractivity contribution in [3.63, 3.8) is 0 Å². The molecule has 7 nitrogen and oxygen atoms in total. The number of benzene rings is 2. The molecule has 1 atom stereocenters. The second-order valence-corrected chi connectivity index (χ2v) is 7.82. The molecule has 3 aromatic rings. The van der Waals surface area contributed by atoms with E-state index in [1.165, 1.54) is 15.1 Å². The van der Waals surface area contributed by atoms with Crippen molar-refractivity contribution in [1.29, 1.82) is 0 Å². The average molecular weight is 388 g/mol. The number of hydrogen-bond donors (Lipinski definition) is 1. The number of rotatable bonds is 3. The van der Waals surface area contributed by atoms with Gasteiger partial charge in [-0.3, -0.25) is 9.69 Å². The smallest absolute Gasteiger partial charge is 0.353 e. The van der Waals surface area contributed by atoms with Crippen molar-refractivity contribution in [1.82, 2.24) is 14.8 Å². The van der Waals surface area contributed by atoms with Crippen LogP contribution in [-0.2, 0) is 15.3 Å². The Labute approximate surface area is 167 Å². The predicted molar refractivity (Wildman–Crippen MR) is 107 cm³/mol. The first kappa shape index (κ1) is 17.6. The molecular weight excluding hydrogens is 368 g/mol. The molecule has 1 fully saturated rings. The van der Waals surface area contributed by atoms with E-state index in [0.29, 0.717) is 28.8 Å². The van der Waals surface area contributed by atoms with E-state index in [0.717, 1.165) is 5.56 Å². The molecule has 0 bridgehead atoms. The zero-order valence-corrected chi connectivity index (χ0v) is 16.2. The topological polar surface area (TPSA) is 88.3 Å². The lowest BCUT2D eigenvalue weighted by Crippen LogP contribution is -2.56. The van der Waals surface area contributed by atoms with Gasteiger partial charge in [0.25, 0.3) is 0 Å². The van der Waals surface area contributed by atoms with Crippen molar-refractivity contribution in [2.45, 2.75) is 38.3 Å². The summed E-state index contributed by atoms with van der Waals surface area (Å²) in [6, 6.07) is 15.2. The van der Waals surface area contributed by atoms with Crippen LogP contribution in [0.2, 0.25) is 0 Å². The maximum absolute atomic E-state index is 12.7. The zero-order chi connectivity index (χ0) is 20.3. The Morgan fingerprint density at radius 2 is 1.86 bits per heavy atom. The van der Waals surface area contributed by atoms with E-state index < -0.39 is 11.6 Å². The monoisotopic (exact) mass is 388 g/mol. The minimum atomic E-state index is -1.58. The molecule has 1 unspecified atom stereocenters. The van der Waals surface area contributed by atoms with Gasteiger partial charge in [-0.2, -0.15) is 0 Å². The largest absolute Gasteiger partial charge is 0.478 e. The molecule has 146 valence electrons. The lowest BCUT2D eigenvalue weighted by atomic mass is 10.0. The molecule has 5 rings (SSSR count). The molecular formula is C22H20N4O3. The highest BCUT2D eigenvalue weighted by Gasteiger charge is 2.58. The quantitative estimate of drug-likeness (QED) is 0.740. The summed E-state index contributed by atoms with van der Waals surface area (Å²) >= 11 is 0. The molecule has 1 amide bonds. The molecule has 1 N–H and O–H groups in total. The maximum atomic E-state index is 12.7. The molecule has 0 aliphatic carbocycles. The lowest BCUT2D eigenvalue weighted by molar-refractivity contribution is -0.148. The van der Waals surface area contributed by atoms with Crippen LogP contribution in [0, 0.1) is 0 Å². The lowest BCUT2D eigenvalue weighted by Gasteiger charge is -2.39. The first-order valence-corrected chi connectivity index (χ1v) is 9.67. The molecule has 7 heteroatoms. The SMILES string of the molecule is CC(C)c1ccc(-c2nc3n(n2)C2(C(=O)O)CCC(=O)N2c2ccccc2-3)cc1. The second kappa shape index (κ2) is 6.01. The van der Waals surface area contributed by atoms with Crippen LogP contribution in [0.4, 0.5) is 5.69 Å². The van der Waals surface area contributed by atoms with Gasteiger partial charge in [0.1, 0.15) is 0 Å². The van der Waals surface area contributed by atoms with Gasteiger partial charge in [0, 0.05) is 24.0 Å². The van der Waals surface area contributed by atoms with E-state index in [1.54, 1.807) is 12.1 Å². The van der Waals surface area contributed by atoms with Crippen molar-refractivity contribution in [3.05, 3.63) is 54.1 Å². The fraction of sp³-hybridized carbons (Fsp3) is 0.273. The zero-order valence-electron chi connectivity index (χ0n) is 16.2. The van der Waals surface area contributed by atoms with E-state index in [1.807, 2.05) is 36.4 Å². The minimum absolute atomic E-state index is 0.150. The summed E-state index contributed by atoms with van der Waals surface area (Å²) in [5.41, 5.74) is 1.71. The van der Waals surface area contributed by atoms with Gasteiger partial charge in [-0.15, -0.1) is 5.10 Å². The standard InChI is InChI=1S/C22H20N4O3/c1-13(2)14-7-9-15(10-8-14)19-23-20-16-5-3-4-6-17(16)25-18(27)11-12-22(25,21(28)29)26(20)24-19/h3-10,13H,11-12H2,1-2H3,(H,28,29). The van der Waals surface area contributed by atoms with E-state index in [2.05, 4.69) is 18.9 Å². The van der Waals surface area contributed by atoms with E-state index in [-0.39, 0.29) is 18.7 Å². The van der Waals surface area contributed by atoms with E-state index >= 15 is 0 Å². The Morgan fingerprint density at radius 1 is 1.14 bits per heavy atom. The molecule has 0 spiro atoms. The summed E-state index contributed by atoms with van der Waals surface area (Å²) in [6.07, 6.45) is 0.302. The highest BCUT2D eigenvalue weighted by Crippen LogP contribution is 2.48. The third-order valence-corrected chi connectivity index (χ3v) is 5.83. The third kappa shape index (κ3) is 2.30. The number of carboxylic acids is 1. The first-order chi connectivity index (χ1) is 13.9. The number of carbonyl (C=O) groups is 2. The predicted octanol–water partition coefficient (Wildman–Crippen LogP) is 3.61. The van der Waals surface area contributed by atoms with Gasteiger partial charge in [-0.1, -0.05) is 50.2 Å². The van der Waals surface area contributed by atoms with Crippen molar-refractivity contribution < 1.29 is 14.7 Å². The highest BCUT2D eigenvalue weighted by atomic mass is 16.4.